The first-order chi connectivity index (χ1) is 5.97. The maximum atomic E-state index is 4.73. The van der Waals surface area contributed by atoms with Gasteiger partial charge in [-0.05, 0) is 16.8 Å². The standard InChI is InChI=1S/C9H7N.ClH.Sn/c1-2-4-9-7-10-6-5-8(9)3-1;;/h1-7H;1H;/q;;+1/p-1. The Morgan fingerprint density at radius 1 is 1.00 bits per heavy atom. The van der Waals surface area contributed by atoms with Gasteiger partial charge in [0.2, 0.25) is 0 Å². The normalized spacial score (nSPS) is 8.83. The third-order valence-corrected chi connectivity index (χ3v) is 1.55. The summed E-state index contributed by atoms with van der Waals surface area (Å²) in [6, 6.07) is 10.2. The van der Waals surface area contributed by atoms with Crippen molar-refractivity contribution in [3.8, 4) is 0 Å². The molecular weight excluding hydrogens is 276 g/mol. The number of pyridine rings is 1. The number of aromatic nitrogens is 1. The minimum Gasteiger partial charge on any atom is -0.264 e. The van der Waals surface area contributed by atoms with Gasteiger partial charge in [0.15, 0.2) is 0 Å². The van der Waals surface area contributed by atoms with Crippen molar-refractivity contribution >= 4 is 41.1 Å². The number of nitrogens with zero attached hydrogens (tertiary/aromatic N) is 1. The average molecular weight is 283 g/mol. The monoisotopic (exact) mass is 284 g/mol. The summed E-state index contributed by atoms with van der Waals surface area (Å²) in [7, 11) is 4.73. The smallest absolute Gasteiger partial charge is 0.0346 e. The van der Waals surface area contributed by atoms with Crippen LogP contribution in [0.3, 0.4) is 0 Å². The molecule has 0 unspecified atom stereocenters. The Hall–Kier alpha value is -0.281. The summed E-state index contributed by atoms with van der Waals surface area (Å²) >= 11 is 1.02. The Morgan fingerprint density at radius 3 is 2.33 bits per heavy atom. The SMILES string of the molecule is [Cl][Sn].c1ccc2cnccc2c1. The molecule has 0 bridgehead atoms. The van der Waals surface area contributed by atoms with Gasteiger partial charge < -0.3 is 0 Å². The van der Waals surface area contributed by atoms with E-state index in [-0.39, 0.29) is 0 Å². The zero-order valence-electron chi connectivity index (χ0n) is 6.37. The Labute approximate surface area is 88.6 Å². The van der Waals surface area contributed by atoms with E-state index in [9.17, 15) is 0 Å². The van der Waals surface area contributed by atoms with E-state index in [4.69, 9.17) is 8.92 Å². The molecule has 0 atom stereocenters. The van der Waals surface area contributed by atoms with E-state index < -0.39 is 0 Å². The van der Waals surface area contributed by atoms with Gasteiger partial charge in [0.05, 0.1) is 0 Å². The van der Waals surface area contributed by atoms with Gasteiger partial charge in [-0.2, -0.15) is 0 Å². The topological polar surface area (TPSA) is 12.9 Å². The predicted octanol–water partition coefficient (Wildman–Crippen LogP) is 2.54. The van der Waals surface area contributed by atoms with Crippen molar-refractivity contribution < 1.29 is 0 Å². The summed E-state index contributed by atoms with van der Waals surface area (Å²) in [5.41, 5.74) is 0. The van der Waals surface area contributed by atoms with E-state index in [0.717, 1.165) is 21.4 Å². The van der Waals surface area contributed by atoms with Gasteiger partial charge in [0.25, 0.3) is 0 Å². The number of hydrogen-bond donors (Lipinski definition) is 0. The van der Waals surface area contributed by atoms with Crippen LogP contribution in [0.25, 0.3) is 10.8 Å². The first-order valence-corrected chi connectivity index (χ1v) is 7.06. The molecule has 0 aliphatic rings. The van der Waals surface area contributed by atoms with Crippen molar-refractivity contribution in [2.45, 2.75) is 0 Å². The van der Waals surface area contributed by atoms with Crippen LogP contribution in [0.5, 0.6) is 0 Å². The maximum Gasteiger partial charge on any atom is 0.0346 e. The molecule has 0 fully saturated rings. The van der Waals surface area contributed by atoms with Gasteiger partial charge in [-0.25, -0.2) is 0 Å². The maximum absolute atomic E-state index is 4.73. The first-order valence-electron chi connectivity index (χ1n) is 3.44. The van der Waals surface area contributed by atoms with Crippen LogP contribution in [0.1, 0.15) is 0 Å². The van der Waals surface area contributed by atoms with Gasteiger partial charge in [0.1, 0.15) is 0 Å². The molecule has 0 N–H and O–H groups in total. The summed E-state index contributed by atoms with van der Waals surface area (Å²) in [6.07, 6.45) is 3.68. The van der Waals surface area contributed by atoms with Crippen LogP contribution in [0.2, 0.25) is 0 Å². The third-order valence-electron chi connectivity index (χ3n) is 1.55. The van der Waals surface area contributed by atoms with E-state index in [1.807, 2.05) is 30.6 Å². The zero-order valence-corrected chi connectivity index (χ0v) is 9.98. The summed E-state index contributed by atoms with van der Waals surface area (Å²) in [4.78, 5) is 4.01. The van der Waals surface area contributed by atoms with E-state index in [1.165, 1.54) is 10.8 Å². The molecule has 3 heteroatoms. The minimum absolute atomic E-state index is 1.02. The minimum atomic E-state index is 1.02. The van der Waals surface area contributed by atoms with Gasteiger partial charge in [0, 0.05) is 12.4 Å². The molecular formula is C9H7ClNSn. The second-order valence-electron chi connectivity index (χ2n) is 2.22. The number of halogens is 1. The Kier molecular flexibility index (Phi) is 4.39. The number of fused-ring (bicyclic) bond motifs is 1. The molecule has 0 spiro atoms. The van der Waals surface area contributed by atoms with Gasteiger partial charge >= 0.3 is 30.3 Å². The first kappa shape index (κ1) is 9.80. The van der Waals surface area contributed by atoms with Crippen LogP contribution in [0.15, 0.2) is 42.7 Å². The van der Waals surface area contributed by atoms with Crippen molar-refractivity contribution in [2.75, 3.05) is 0 Å². The van der Waals surface area contributed by atoms with E-state index in [2.05, 4.69) is 17.1 Å². The Balaban J connectivity index is 0.000000336. The molecule has 59 valence electrons. The van der Waals surface area contributed by atoms with Crippen molar-refractivity contribution in [1.29, 1.82) is 0 Å². The fraction of sp³-hybridized carbons (Fsp3) is 0. The number of benzene rings is 1. The van der Waals surface area contributed by atoms with Crippen molar-refractivity contribution in [2.24, 2.45) is 0 Å². The van der Waals surface area contributed by atoms with E-state index in [0.29, 0.717) is 0 Å². The number of rotatable bonds is 0. The summed E-state index contributed by atoms with van der Waals surface area (Å²) in [6.45, 7) is 0. The van der Waals surface area contributed by atoms with Gasteiger partial charge in [-0.3, -0.25) is 4.98 Å². The molecule has 1 nitrogen and oxygen atoms in total. The molecule has 0 saturated heterocycles. The Bertz CT molecular complexity index is 286. The summed E-state index contributed by atoms with van der Waals surface area (Å²) < 4.78 is 0. The summed E-state index contributed by atoms with van der Waals surface area (Å²) in [5, 5.41) is 2.45. The van der Waals surface area contributed by atoms with Crippen molar-refractivity contribution in [1.82, 2.24) is 4.98 Å². The van der Waals surface area contributed by atoms with Crippen LogP contribution < -0.4 is 0 Å². The molecule has 0 aliphatic carbocycles. The van der Waals surface area contributed by atoms with Crippen molar-refractivity contribution in [3.63, 3.8) is 0 Å². The molecule has 1 aromatic carbocycles. The second kappa shape index (κ2) is 5.38. The molecule has 0 amide bonds. The quantitative estimate of drug-likeness (QED) is 0.677. The van der Waals surface area contributed by atoms with E-state index >= 15 is 0 Å². The predicted molar refractivity (Wildman–Crippen MR) is 53.4 cm³/mol. The summed E-state index contributed by atoms with van der Waals surface area (Å²) in [5.74, 6) is 0. The van der Waals surface area contributed by atoms with Gasteiger partial charge in [-0.1, -0.05) is 24.3 Å². The van der Waals surface area contributed by atoms with Crippen LogP contribution in [-0.4, -0.2) is 26.4 Å². The second-order valence-corrected chi connectivity index (χ2v) is 2.22. The van der Waals surface area contributed by atoms with Crippen molar-refractivity contribution in [3.05, 3.63) is 42.7 Å². The average Bonchev–Trinajstić information content (AvgIpc) is 2.21. The Morgan fingerprint density at radius 2 is 1.67 bits per heavy atom. The fourth-order valence-corrected chi connectivity index (χ4v) is 1.03. The van der Waals surface area contributed by atoms with Crippen LogP contribution in [-0.2, 0) is 0 Å². The molecule has 0 saturated carbocycles. The largest absolute Gasteiger partial charge is 0.264 e. The molecule has 1 aromatic heterocycles. The van der Waals surface area contributed by atoms with Gasteiger partial charge in [-0.15, -0.1) is 0 Å². The third kappa shape index (κ3) is 2.35. The van der Waals surface area contributed by atoms with Crippen LogP contribution in [0.4, 0.5) is 0 Å². The van der Waals surface area contributed by atoms with Crippen LogP contribution >= 0.6 is 8.92 Å². The fourth-order valence-electron chi connectivity index (χ4n) is 1.03. The molecule has 12 heavy (non-hydrogen) atoms. The van der Waals surface area contributed by atoms with E-state index in [1.54, 1.807) is 0 Å². The zero-order chi connectivity index (χ0) is 8.81. The molecule has 1 heterocycles. The molecule has 0 aliphatic heterocycles. The molecule has 3 radical (unpaired) electrons. The number of hydrogen-bond acceptors (Lipinski definition) is 1. The molecule has 2 aromatic rings. The molecule has 2 rings (SSSR count). The van der Waals surface area contributed by atoms with Crippen LogP contribution in [0, 0.1) is 0 Å².